The Hall–Kier alpha value is -2.47. The van der Waals surface area contributed by atoms with Gasteiger partial charge in [0.1, 0.15) is 5.82 Å². The van der Waals surface area contributed by atoms with Crippen molar-refractivity contribution in [1.29, 1.82) is 0 Å². The molecule has 22 heavy (non-hydrogen) atoms. The molecule has 1 aromatic heterocycles. The fourth-order valence-corrected chi connectivity index (χ4v) is 2.57. The minimum Gasteiger partial charge on any atom is -0.331 e. The van der Waals surface area contributed by atoms with Crippen molar-refractivity contribution >= 4 is 34.8 Å². The molecule has 3 aromatic rings. The molecule has 1 amide bonds. The van der Waals surface area contributed by atoms with Gasteiger partial charge in [-0.25, -0.2) is 4.39 Å². The molecule has 0 bridgehead atoms. The zero-order valence-corrected chi connectivity index (χ0v) is 12.9. The lowest BCUT2D eigenvalue weighted by molar-refractivity contribution is 0.102. The third kappa shape index (κ3) is 2.53. The number of aryl methyl sites for hydroxylation is 1. The second-order valence-corrected chi connectivity index (χ2v) is 5.56. The molecule has 0 saturated heterocycles. The number of nitrogens with one attached hydrogen (secondary N) is 3. The Balaban J connectivity index is 2.05. The third-order valence-corrected chi connectivity index (χ3v) is 3.89. The number of halogens is 1. The molecule has 0 atom stereocenters. The van der Waals surface area contributed by atoms with Crippen LogP contribution >= 0.6 is 12.2 Å². The fourth-order valence-electron chi connectivity index (χ4n) is 2.36. The van der Waals surface area contributed by atoms with Crippen LogP contribution in [0, 0.1) is 24.4 Å². The maximum atomic E-state index is 13.7. The Labute approximate surface area is 131 Å². The zero-order chi connectivity index (χ0) is 15.9. The van der Waals surface area contributed by atoms with Gasteiger partial charge in [-0.2, -0.15) is 0 Å². The molecule has 0 radical (unpaired) electrons. The van der Waals surface area contributed by atoms with Crippen LogP contribution < -0.4 is 5.32 Å². The number of hydrogen-bond acceptors (Lipinski definition) is 2. The van der Waals surface area contributed by atoms with Gasteiger partial charge in [0.15, 0.2) is 4.77 Å². The number of H-pyrrole nitrogens is 2. The summed E-state index contributed by atoms with van der Waals surface area (Å²) < 4.78 is 14.0. The highest BCUT2D eigenvalue weighted by molar-refractivity contribution is 7.71. The maximum Gasteiger partial charge on any atom is 0.257 e. The summed E-state index contributed by atoms with van der Waals surface area (Å²) in [6.45, 7) is 3.89. The average molecular weight is 315 g/mol. The summed E-state index contributed by atoms with van der Waals surface area (Å²) in [5, 5.41) is 2.82. The predicted octanol–water partition coefficient (Wildman–Crippen LogP) is 4.23. The van der Waals surface area contributed by atoms with Gasteiger partial charge >= 0.3 is 0 Å². The first kappa shape index (κ1) is 14.5. The molecular weight excluding hydrogens is 301 g/mol. The van der Waals surface area contributed by atoms with Gasteiger partial charge in [-0.1, -0.05) is 12.1 Å². The molecule has 3 rings (SSSR count). The third-order valence-electron chi connectivity index (χ3n) is 3.69. The summed E-state index contributed by atoms with van der Waals surface area (Å²) >= 11 is 5.00. The summed E-state index contributed by atoms with van der Waals surface area (Å²) in [4.78, 5) is 18.2. The van der Waals surface area contributed by atoms with E-state index in [2.05, 4.69) is 15.3 Å². The lowest BCUT2D eigenvalue weighted by Crippen LogP contribution is -2.14. The summed E-state index contributed by atoms with van der Waals surface area (Å²) in [6, 6.07) is 8.14. The highest BCUT2D eigenvalue weighted by Gasteiger charge is 2.15. The molecule has 1 heterocycles. The number of aromatic amines is 2. The zero-order valence-electron chi connectivity index (χ0n) is 12.1. The van der Waals surface area contributed by atoms with Gasteiger partial charge in [-0.05, 0) is 55.4 Å². The minimum absolute atomic E-state index is 0.211. The number of carbonyl (C=O) groups is 1. The summed E-state index contributed by atoms with van der Waals surface area (Å²) in [5.41, 5.74) is 3.93. The van der Waals surface area contributed by atoms with Crippen molar-refractivity contribution in [2.45, 2.75) is 13.8 Å². The second-order valence-electron chi connectivity index (χ2n) is 5.16. The lowest BCUT2D eigenvalue weighted by atomic mass is 10.1. The van der Waals surface area contributed by atoms with E-state index in [1.807, 2.05) is 32.0 Å². The van der Waals surface area contributed by atoms with Crippen molar-refractivity contribution in [3.8, 4) is 0 Å². The molecule has 4 nitrogen and oxygen atoms in total. The van der Waals surface area contributed by atoms with E-state index in [9.17, 15) is 9.18 Å². The predicted molar refractivity (Wildman–Crippen MR) is 87.3 cm³/mol. The molecule has 0 aliphatic heterocycles. The molecule has 6 heteroatoms. The number of amides is 1. The van der Waals surface area contributed by atoms with Crippen LogP contribution in [0.2, 0.25) is 0 Å². The highest BCUT2D eigenvalue weighted by atomic mass is 32.1. The van der Waals surface area contributed by atoms with E-state index < -0.39 is 5.82 Å². The van der Waals surface area contributed by atoms with Gasteiger partial charge in [0.2, 0.25) is 0 Å². The van der Waals surface area contributed by atoms with Crippen LogP contribution in [0.3, 0.4) is 0 Å². The quantitative estimate of drug-likeness (QED) is 0.620. The number of fused-ring (bicyclic) bond motifs is 1. The lowest BCUT2D eigenvalue weighted by Gasteiger charge is -2.11. The first-order chi connectivity index (χ1) is 10.5. The molecule has 0 saturated carbocycles. The van der Waals surface area contributed by atoms with E-state index in [0.717, 1.165) is 11.1 Å². The molecule has 112 valence electrons. The summed E-state index contributed by atoms with van der Waals surface area (Å²) in [6.07, 6.45) is 0. The van der Waals surface area contributed by atoms with Crippen molar-refractivity contribution in [3.05, 3.63) is 57.6 Å². The van der Waals surface area contributed by atoms with Gasteiger partial charge in [-0.15, -0.1) is 0 Å². The molecule has 3 N–H and O–H groups in total. The van der Waals surface area contributed by atoms with E-state index >= 15 is 0 Å². The van der Waals surface area contributed by atoms with Crippen molar-refractivity contribution in [2.75, 3.05) is 5.32 Å². The van der Waals surface area contributed by atoms with Crippen molar-refractivity contribution < 1.29 is 9.18 Å². The van der Waals surface area contributed by atoms with E-state index in [1.165, 1.54) is 12.1 Å². The Morgan fingerprint density at radius 1 is 1.23 bits per heavy atom. The van der Waals surface area contributed by atoms with Gasteiger partial charge in [0.05, 0.1) is 16.6 Å². The van der Waals surface area contributed by atoms with Crippen LogP contribution in [0.4, 0.5) is 10.1 Å². The first-order valence-electron chi connectivity index (χ1n) is 6.75. The minimum atomic E-state index is -0.496. The van der Waals surface area contributed by atoms with Gasteiger partial charge in [-0.3, -0.25) is 4.79 Å². The smallest absolute Gasteiger partial charge is 0.257 e. The van der Waals surface area contributed by atoms with Crippen LogP contribution in [-0.4, -0.2) is 15.9 Å². The highest BCUT2D eigenvalue weighted by Crippen LogP contribution is 2.22. The Morgan fingerprint density at radius 2 is 2.00 bits per heavy atom. The normalized spacial score (nSPS) is 10.9. The first-order valence-corrected chi connectivity index (χ1v) is 7.15. The number of hydrogen-bond donors (Lipinski definition) is 3. The summed E-state index contributed by atoms with van der Waals surface area (Å²) in [5.74, 6) is -0.882. The van der Waals surface area contributed by atoms with Gasteiger partial charge in [0, 0.05) is 5.69 Å². The van der Waals surface area contributed by atoms with Crippen LogP contribution in [0.5, 0.6) is 0 Å². The standard InChI is InChI=1S/C16H14FN3OS/c1-8-4-3-5-12(9(8)2)18-15(21)11-6-10(17)7-13-14(11)20-16(22)19-13/h3-7H,1-2H3,(H,18,21)(H2,19,20,22). The van der Waals surface area contributed by atoms with Crippen LogP contribution in [0.15, 0.2) is 30.3 Å². The topological polar surface area (TPSA) is 60.7 Å². The second kappa shape index (κ2) is 5.38. The SMILES string of the molecule is Cc1cccc(NC(=O)c2cc(F)cc3[nH]c(=S)[nH]c23)c1C. The molecule has 0 aliphatic rings. The molecular formula is C16H14FN3OS. The van der Waals surface area contributed by atoms with Crippen LogP contribution in [0.1, 0.15) is 21.5 Å². The Kier molecular flexibility index (Phi) is 3.54. The Morgan fingerprint density at radius 3 is 2.77 bits per heavy atom. The van der Waals surface area contributed by atoms with Crippen molar-refractivity contribution in [1.82, 2.24) is 9.97 Å². The maximum absolute atomic E-state index is 13.7. The Bertz CT molecular complexity index is 942. The van der Waals surface area contributed by atoms with Crippen molar-refractivity contribution in [2.24, 2.45) is 0 Å². The number of imidazole rings is 1. The molecule has 0 aliphatic carbocycles. The number of benzene rings is 2. The largest absolute Gasteiger partial charge is 0.331 e. The molecule has 2 aromatic carbocycles. The molecule has 0 unspecified atom stereocenters. The van der Waals surface area contributed by atoms with Crippen LogP contribution in [-0.2, 0) is 0 Å². The molecule has 0 spiro atoms. The number of aromatic nitrogens is 2. The molecule has 0 fully saturated rings. The van der Waals surface area contributed by atoms with E-state index in [-0.39, 0.29) is 11.5 Å². The van der Waals surface area contributed by atoms with E-state index in [1.54, 1.807) is 0 Å². The van der Waals surface area contributed by atoms with Gasteiger partial charge in [0.25, 0.3) is 5.91 Å². The number of carbonyl (C=O) groups excluding carboxylic acids is 1. The monoisotopic (exact) mass is 315 g/mol. The number of anilines is 1. The van der Waals surface area contributed by atoms with Crippen molar-refractivity contribution in [3.63, 3.8) is 0 Å². The van der Waals surface area contributed by atoms with Gasteiger partial charge < -0.3 is 15.3 Å². The van der Waals surface area contributed by atoms with Crippen LogP contribution in [0.25, 0.3) is 11.0 Å². The van der Waals surface area contributed by atoms with E-state index in [4.69, 9.17) is 12.2 Å². The average Bonchev–Trinajstić information content (AvgIpc) is 2.82. The van der Waals surface area contributed by atoms with E-state index in [0.29, 0.717) is 21.5 Å². The number of rotatable bonds is 2. The summed E-state index contributed by atoms with van der Waals surface area (Å²) in [7, 11) is 0. The fraction of sp³-hybridized carbons (Fsp3) is 0.125.